The maximum absolute atomic E-state index is 13.0. The van der Waals surface area contributed by atoms with Crippen molar-refractivity contribution >= 4 is 27.5 Å². The van der Waals surface area contributed by atoms with E-state index in [4.69, 9.17) is 0 Å². The second kappa shape index (κ2) is 9.82. The Morgan fingerprint density at radius 1 is 1.09 bits per heavy atom. The highest BCUT2D eigenvalue weighted by atomic mass is 32.2. The van der Waals surface area contributed by atoms with Gasteiger partial charge in [0.2, 0.25) is 10.0 Å². The van der Waals surface area contributed by atoms with Crippen LogP contribution in [0, 0.1) is 0 Å². The third kappa shape index (κ3) is 4.97. The van der Waals surface area contributed by atoms with Gasteiger partial charge in [0.1, 0.15) is 5.76 Å². The van der Waals surface area contributed by atoms with Crippen molar-refractivity contribution in [1.29, 1.82) is 0 Å². The summed E-state index contributed by atoms with van der Waals surface area (Å²) < 4.78 is 25.8. The summed E-state index contributed by atoms with van der Waals surface area (Å²) in [7, 11) is 3.25. The van der Waals surface area contributed by atoms with E-state index in [0.717, 1.165) is 10.8 Å². The number of amides is 1. The van der Waals surface area contributed by atoms with Crippen molar-refractivity contribution < 1.29 is 33.0 Å². The van der Waals surface area contributed by atoms with E-state index in [-0.39, 0.29) is 21.8 Å². The molecule has 2 aromatic rings. The summed E-state index contributed by atoms with van der Waals surface area (Å²) in [6.45, 7) is 1.19. The number of H-pyrrole nitrogens is 1. The van der Waals surface area contributed by atoms with E-state index in [9.17, 15) is 23.1 Å². The Kier molecular flexibility index (Phi) is 7.31. The topological polar surface area (TPSA) is 114 Å². The number of hydrogen-bond donors (Lipinski definition) is 2. The largest absolute Gasteiger partial charge is 0.507 e. The zero-order valence-corrected chi connectivity index (χ0v) is 20.0. The first-order chi connectivity index (χ1) is 15.6. The van der Waals surface area contributed by atoms with Crippen molar-refractivity contribution in [3.05, 3.63) is 65.5 Å². The number of quaternary nitrogens is 1. The Hall–Kier alpha value is -3.08. The average Bonchev–Trinajstić information content (AvgIpc) is 3.04. The number of carbonyl (C=O) groups is 2. The van der Waals surface area contributed by atoms with E-state index in [1.54, 1.807) is 24.5 Å². The summed E-state index contributed by atoms with van der Waals surface area (Å²) in [5, 5.41) is 11.1. The van der Waals surface area contributed by atoms with Crippen molar-refractivity contribution in [2.45, 2.75) is 17.4 Å². The fraction of sp³-hybridized carbons (Fsp3) is 0.348. The molecule has 0 spiro atoms. The normalized spacial score (nSPS) is 18.5. The average molecular weight is 475 g/mol. The number of aromatic amines is 1. The van der Waals surface area contributed by atoms with Crippen LogP contribution in [0.15, 0.2) is 59.3 Å². The zero-order chi connectivity index (χ0) is 24.3. The van der Waals surface area contributed by atoms with Crippen LogP contribution >= 0.6 is 0 Å². The number of pyridine rings is 1. The number of benzene rings is 1. The lowest BCUT2D eigenvalue weighted by molar-refractivity contribution is -0.858. The number of rotatable bonds is 8. The van der Waals surface area contributed by atoms with Crippen LogP contribution in [0.2, 0.25) is 0 Å². The van der Waals surface area contributed by atoms with Crippen molar-refractivity contribution in [3.8, 4) is 0 Å². The SMILES string of the molecule is CN(C)S(=O)(=O)c1ccc(C(O)=C2C(=O)C(=O)N(CCC[NH+](C)C)C2c2cc[nH+]cc2)cc1. The molecule has 1 aliphatic rings. The van der Waals surface area contributed by atoms with Gasteiger partial charge in [0, 0.05) is 44.8 Å². The van der Waals surface area contributed by atoms with Gasteiger partial charge < -0.3 is 14.9 Å². The highest BCUT2D eigenvalue weighted by Gasteiger charge is 2.46. The van der Waals surface area contributed by atoms with Crippen molar-refractivity contribution in [2.75, 3.05) is 41.3 Å². The number of Topliss-reactive ketones (excluding diaryl/α,β-unsaturated/α-hetero) is 1. The highest BCUT2D eigenvalue weighted by Crippen LogP contribution is 2.39. The zero-order valence-electron chi connectivity index (χ0n) is 19.2. The van der Waals surface area contributed by atoms with Gasteiger partial charge in [0.25, 0.3) is 11.7 Å². The third-order valence-electron chi connectivity index (χ3n) is 5.58. The molecule has 0 bridgehead atoms. The molecule has 0 aliphatic carbocycles. The van der Waals surface area contributed by atoms with Gasteiger partial charge in [0.15, 0.2) is 12.4 Å². The van der Waals surface area contributed by atoms with Crippen molar-refractivity contribution in [1.82, 2.24) is 9.21 Å². The summed E-state index contributed by atoms with van der Waals surface area (Å²) in [6.07, 6.45) is 4.09. The fourth-order valence-electron chi connectivity index (χ4n) is 3.79. The van der Waals surface area contributed by atoms with Crippen LogP contribution in [0.1, 0.15) is 23.6 Å². The van der Waals surface area contributed by atoms with Gasteiger partial charge in [-0.05, 0) is 29.8 Å². The monoisotopic (exact) mass is 474 g/mol. The van der Waals surface area contributed by atoms with Crippen molar-refractivity contribution in [3.63, 3.8) is 0 Å². The Bertz CT molecular complexity index is 1160. The van der Waals surface area contributed by atoms with E-state index in [1.165, 1.54) is 48.2 Å². The predicted octanol–water partition coefficient (Wildman–Crippen LogP) is -0.293. The van der Waals surface area contributed by atoms with Gasteiger partial charge in [-0.15, -0.1) is 0 Å². The molecule has 1 amide bonds. The second-order valence-electron chi connectivity index (χ2n) is 8.45. The maximum Gasteiger partial charge on any atom is 0.295 e. The number of hydrogen-bond acceptors (Lipinski definition) is 5. The van der Waals surface area contributed by atoms with E-state index in [2.05, 4.69) is 4.98 Å². The molecule has 3 N–H and O–H groups in total. The molecule has 176 valence electrons. The van der Waals surface area contributed by atoms with Gasteiger partial charge in [-0.25, -0.2) is 17.7 Å². The van der Waals surface area contributed by atoms with Crippen LogP contribution in [0.4, 0.5) is 0 Å². The first kappa shape index (κ1) is 24.6. The molecule has 0 radical (unpaired) electrons. The number of ketones is 1. The molecule has 3 rings (SSSR count). The lowest BCUT2D eigenvalue weighted by Gasteiger charge is -2.25. The fourth-order valence-corrected chi connectivity index (χ4v) is 4.69. The van der Waals surface area contributed by atoms with E-state index < -0.39 is 27.8 Å². The summed E-state index contributed by atoms with van der Waals surface area (Å²) >= 11 is 0. The standard InChI is InChI=1S/C23H28N4O5S/c1-25(2)14-5-15-27-20(16-10-12-24-13-11-16)19(22(29)23(27)30)21(28)17-6-8-18(9-7-17)33(31,32)26(3)4/h6-13,20,28H,5,14-15H2,1-4H3/p+2. The summed E-state index contributed by atoms with van der Waals surface area (Å²) in [5.74, 6) is -1.75. The molecule has 9 nitrogen and oxygen atoms in total. The minimum absolute atomic E-state index is 0.00776. The van der Waals surface area contributed by atoms with Crippen LogP contribution in [-0.2, 0) is 19.6 Å². The number of carbonyl (C=O) groups excluding carboxylic acids is 2. The van der Waals surface area contributed by atoms with Gasteiger partial charge in [-0.3, -0.25) is 9.59 Å². The number of likely N-dealkylation sites (tertiary alicyclic amines) is 1. The number of aliphatic hydroxyl groups is 1. The van der Waals surface area contributed by atoms with Gasteiger partial charge in [-0.1, -0.05) is 0 Å². The molecule has 1 saturated heterocycles. The van der Waals surface area contributed by atoms with E-state index >= 15 is 0 Å². The number of aromatic nitrogens is 1. The second-order valence-corrected chi connectivity index (χ2v) is 10.6. The quantitative estimate of drug-likeness (QED) is 0.310. The van der Waals surface area contributed by atoms with Crippen LogP contribution < -0.4 is 9.88 Å². The Morgan fingerprint density at radius 3 is 2.24 bits per heavy atom. The molecule has 1 aliphatic heterocycles. The molecule has 1 atom stereocenters. The number of aliphatic hydroxyl groups excluding tert-OH is 1. The Labute approximate surface area is 194 Å². The van der Waals surface area contributed by atoms with Crippen molar-refractivity contribution in [2.24, 2.45) is 0 Å². The van der Waals surface area contributed by atoms with E-state index in [1.807, 2.05) is 14.1 Å². The maximum atomic E-state index is 13.0. The predicted molar refractivity (Wildman–Crippen MR) is 122 cm³/mol. The highest BCUT2D eigenvalue weighted by molar-refractivity contribution is 7.89. The van der Waals surface area contributed by atoms with Gasteiger partial charge >= 0.3 is 0 Å². The number of sulfonamides is 1. The lowest BCUT2D eigenvalue weighted by atomic mass is 9.96. The molecule has 10 heteroatoms. The molecular weight excluding hydrogens is 444 g/mol. The molecular formula is C23H30N4O5S+2. The molecule has 33 heavy (non-hydrogen) atoms. The molecule has 0 saturated carbocycles. The molecule has 1 fully saturated rings. The van der Waals surface area contributed by atoms with Crippen LogP contribution in [-0.4, -0.2) is 75.7 Å². The van der Waals surface area contributed by atoms with E-state index in [0.29, 0.717) is 18.5 Å². The first-order valence-electron chi connectivity index (χ1n) is 10.6. The summed E-state index contributed by atoms with van der Waals surface area (Å²) in [4.78, 5) is 31.6. The van der Waals surface area contributed by atoms with Crippen LogP contribution in [0.25, 0.3) is 5.76 Å². The van der Waals surface area contributed by atoms with Gasteiger partial charge in [0.05, 0.1) is 37.2 Å². The number of nitrogens with one attached hydrogen (secondary N) is 2. The third-order valence-corrected chi connectivity index (χ3v) is 7.41. The molecule has 1 unspecified atom stereocenters. The smallest absolute Gasteiger partial charge is 0.295 e. The van der Waals surface area contributed by atoms with Crippen LogP contribution in [0.3, 0.4) is 0 Å². The van der Waals surface area contributed by atoms with Crippen LogP contribution in [0.5, 0.6) is 0 Å². The summed E-state index contributed by atoms with van der Waals surface area (Å²) in [6, 6.07) is 8.40. The molecule has 1 aromatic heterocycles. The minimum Gasteiger partial charge on any atom is -0.507 e. The number of nitrogens with zero attached hydrogens (tertiary/aromatic N) is 2. The Morgan fingerprint density at radius 2 is 1.70 bits per heavy atom. The lowest BCUT2D eigenvalue weighted by Crippen LogP contribution is -3.05. The molecule has 2 heterocycles. The summed E-state index contributed by atoms with van der Waals surface area (Å²) in [5.41, 5.74) is 0.945. The Balaban J connectivity index is 2.06. The first-order valence-corrected chi connectivity index (χ1v) is 12.1. The van der Waals surface area contributed by atoms with Gasteiger partial charge in [-0.2, -0.15) is 0 Å². The molecule has 1 aromatic carbocycles. The minimum atomic E-state index is -3.64.